The third-order valence-corrected chi connectivity index (χ3v) is 6.41. The van der Waals surface area contributed by atoms with E-state index in [0.717, 1.165) is 15.1 Å². The zero-order valence-electron chi connectivity index (χ0n) is 9.58. The lowest BCUT2D eigenvalue weighted by Gasteiger charge is -2.10. The highest BCUT2D eigenvalue weighted by molar-refractivity contribution is 9.11. The Bertz CT molecular complexity index is 728. The van der Waals surface area contributed by atoms with Crippen LogP contribution >= 0.6 is 43.2 Å². The van der Waals surface area contributed by atoms with Crippen molar-refractivity contribution in [2.75, 3.05) is 4.72 Å². The fourth-order valence-corrected chi connectivity index (χ4v) is 4.87. The molecule has 0 saturated heterocycles. The molecule has 1 N–H and O–H groups in total. The van der Waals surface area contributed by atoms with Gasteiger partial charge >= 0.3 is 0 Å². The predicted molar refractivity (Wildman–Crippen MR) is 81.7 cm³/mol. The van der Waals surface area contributed by atoms with Crippen molar-refractivity contribution in [3.8, 4) is 0 Å². The highest BCUT2D eigenvalue weighted by Gasteiger charge is 2.18. The van der Waals surface area contributed by atoms with Crippen LogP contribution in [0.1, 0.15) is 5.56 Å². The van der Waals surface area contributed by atoms with Crippen LogP contribution in [0.3, 0.4) is 0 Å². The van der Waals surface area contributed by atoms with Gasteiger partial charge in [0.05, 0.1) is 13.9 Å². The number of nitrogens with one attached hydrogen (secondary N) is 1. The molecule has 0 amide bonds. The Morgan fingerprint density at radius 1 is 1.26 bits per heavy atom. The van der Waals surface area contributed by atoms with E-state index in [1.807, 2.05) is 0 Å². The van der Waals surface area contributed by atoms with E-state index in [1.165, 1.54) is 18.2 Å². The second-order valence-electron chi connectivity index (χ2n) is 3.75. The molecule has 102 valence electrons. The molecule has 0 fully saturated rings. The molecule has 1 aromatic heterocycles. The monoisotopic (exact) mass is 427 g/mol. The van der Waals surface area contributed by atoms with Gasteiger partial charge in [0, 0.05) is 0 Å². The van der Waals surface area contributed by atoms with E-state index >= 15 is 0 Å². The van der Waals surface area contributed by atoms with Gasteiger partial charge in [-0.3, -0.25) is 4.72 Å². The lowest BCUT2D eigenvalue weighted by atomic mass is 10.2. The van der Waals surface area contributed by atoms with E-state index in [4.69, 9.17) is 0 Å². The number of aryl methyl sites for hydroxylation is 1. The Kier molecular flexibility index (Phi) is 4.34. The van der Waals surface area contributed by atoms with Crippen LogP contribution in [0.5, 0.6) is 0 Å². The Balaban J connectivity index is 2.38. The van der Waals surface area contributed by atoms with Crippen molar-refractivity contribution in [1.29, 1.82) is 0 Å². The van der Waals surface area contributed by atoms with Crippen LogP contribution in [0.2, 0.25) is 0 Å². The van der Waals surface area contributed by atoms with Gasteiger partial charge in [0.15, 0.2) is 0 Å². The summed E-state index contributed by atoms with van der Waals surface area (Å²) in [6.45, 7) is 1.64. The number of anilines is 1. The average molecular weight is 429 g/mol. The average Bonchev–Trinajstić information content (AvgIpc) is 2.73. The number of benzene rings is 1. The predicted octanol–water partition coefficient (Wildman–Crippen LogP) is 4.52. The smallest absolute Gasteiger partial charge is 0.271 e. The molecule has 2 rings (SSSR count). The molecule has 0 spiro atoms. The number of sulfonamides is 1. The van der Waals surface area contributed by atoms with Crippen LogP contribution in [-0.2, 0) is 10.0 Å². The number of thiophene rings is 1. The van der Waals surface area contributed by atoms with Gasteiger partial charge in [0.25, 0.3) is 10.0 Å². The largest absolute Gasteiger partial charge is 0.279 e. The summed E-state index contributed by atoms with van der Waals surface area (Å²) >= 11 is 7.36. The van der Waals surface area contributed by atoms with E-state index in [0.29, 0.717) is 11.3 Å². The van der Waals surface area contributed by atoms with Crippen LogP contribution in [-0.4, -0.2) is 8.42 Å². The number of rotatable bonds is 3. The summed E-state index contributed by atoms with van der Waals surface area (Å²) < 4.78 is 41.1. The summed E-state index contributed by atoms with van der Waals surface area (Å²) in [6, 6.07) is 5.84. The van der Waals surface area contributed by atoms with Crippen molar-refractivity contribution in [3.63, 3.8) is 0 Å². The molecule has 0 aliphatic carbocycles. The Morgan fingerprint density at radius 3 is 2.53 bits per heavy atom. The zero-order valence-corrected chi connectivity index (χ0v) is 14.4. The molecule has 0 saturated carbocycles. The van der Waals surface area contributed by atoms with Crippen LogP contribution in [0.4, 0.5) is 10.1 Å². The molecule has 0 aliphatic rings. The molecule has 0 bridgehead atoms. The molecule has 0 atom stereocenters. The van der Waals surface area contributed by atoms with Crippen LogP contribution in [0, 0.1) is 12.7 Å². The van der Waals surface area contributed by atoms with Crippen molar-refractivity contribution < 1.29 is 12.8 Å². The first-order valence-corrected chi connectivity index (χ1v) is 8.92. The van der Waals surface area contributed by atoms with Gasteiger partial charge in [-0.15, -0.1) is 11.3 Å². The molecule has 1 aromatic carbocycles. The number of hydrogen-bond donors (Lipinski definition) is 1. The molecular formula is C11H8Br2FNO2S2. The topological polar surface area (TPSA) is 46.2 Å². The van der Waals surface area contributed by atoms with Crippen molar-refractivity contribution in [2.24, 2.45) is 0 Å². The quantitative estimate of drug-likeness (QED) is 0.780. The third kappa shape index (κ3) is 3.36. The van der Waals surface area contributed by atoms with E-state index in [9.17, 15) is 12.8 Å². The number of halogens is 3. The van der Waals surface area contributed by atoms with Crippen LogP contribution in [0.25, 0.3) is 0 Å². The van der Waals surface area contributed by atoms with Crippen molar-refractivity contribution in [2.45, 2.75) is 11.1 Å². The van der Waals surface area contributed by atoms with Crippen molar-refractivity contribution in [1.82, 2.24) is 0 Å². The Hall–Kier alpha value is -0.440. The zero-order chi connectivity index (χ0) is 14.2. The number of hydrogen-bond acceptors (Lipinski definition) is 3. The van der Waals surface area contributed by atoms with Crippen molar-refractivity contribution >= 4 is 58.9 Å². The van der Waals surface area contributed by atoms with Gasteiger partial charge in [-0.25, -0.2) is 12.8 Å². The molecular weight excluding hydrogens is 421 g/mol. The molecule has 0 radical (unpaired) electrons. The SMILES string of the molecule is Cc1cc(F)c(Br)cc1NS(=O)(=O)c1ccc(Br)s1. The highest BCUT2D eigenvalue weighted by Crippen LogP contribution is 2.30. The van der Waals surface area contributed by atoms with E-state index in [-0.39, 0.29) is 8.68 Å². The van der Waals surface area contributed by atoms with E-state index < -0.39 is 15.8 Å². The second kappa shape index (κ2) is 5.51. The summed E-state index contributed by atoms with van der Waals surface area (Å²) in [4.78, 5) is 0. The highest BCUT2D eigenvalue weighted by atomic mass is 79.9. The summed E-state index contributed by atoms with van der Waals surface area (Å²) in [5.74, 6) is -0.431. The summed E-state index contributed by atoms with van der Waals surface area (Å²) in [6.07, 6.45) is 0. The minimum atomic E-state index is -3.65. The molecule has 8 heteroatoms. The minimum Gasteiger partial charge on any atom is -0.279 e. The fraction of sp³-hybridized carbons (Fsp3) is 0.0909. The first kappa shape index (κ1) is 15.0. The van der Waals surface area contributed by atoms with Crippen LogP contribution in [0.15, 0.2) is 36.7 Å². The lowest BCUT2D eigenvalue weighted by Crippen LogP contribution is -2.12. The van der Waals surface area contributed by atoms with Gasteiger partial charge in [0.2, 0.25) is 0 Å². The summed E-state index contributed by atoms with van der Waals surface area (Å²) in [7, 11) is -3.65. The molecule has 2 aromatic rings. The third-order valence-electron chi connectivity index (χ3n) is 2.33. The molecule has 0 aliphatic heterocycles. The van der Waals surface area contributed by atoms with Crippen molar-refractivity contribution in [3.05, 3.63) is 43.9 Å². The normalized spacial score (nSPS) is 11.6. The summed E-state index contributed by atoms with van der Waals surface area (Å²) in [5.41, 5.74) is 0.859. The molecule has 3 nitrogen and oxygen atoms in total. The molecule has 0 unspecified atom stereocenters. The van der Waals surface area contributed by atoms with E-state index in [1.54, 1.807) is 13.0 Å². The maximum Gasteiger partial charge on any atom is 0.271 e. The Labute approximate surface area is 131 Å². The van der Waals surface area contributed by atoms with Gasteiger partial charge < -0.3 is 0 Å². The van der Waals surface area contributed by atoms with Crippen LogP contribution < -0.4 is 4.72 Å². The maximum atomic E-state index is 13.3. The minimum absolute atomic E-state index is 0.194. The summed E-state index contributed by atoms with van der Waals surface area (Å²) in [5, 5.41) is 0. The molecule has 19 heavy (non-hydrogen) atoms. The van der Waals surface area contributed by atoms with E-state index in [2.05, 4.69) is 36.6 Å². The van der Waals surface area contributed by atoms with Gasteiger partial charge in [-0.05, 0) is 68.6 Å². The second-order valence-corrected chi connectivity index (χ2v) is 8.97. The Morgan fingerprint density at radius 2 is 1.95 bits per heavy atom. The first-order valence-electron chi connectivity index (χ1n) is 5.03. The molecule has 1 heterocycles. The van der Waals surface area contributed by atoms with Gasteiger partial charge in [0.1, 0.15) is 10.0 Å². The van der Waals surface area contributed by atoms with Gasteiger partial charge in [-0.1, -0.05) is 0 Å². The maximum absolute atomic E-state index is 13.3. The fourth-order valence-electron chi connectivity index (χ4n) is 1.39. The standard InChI is InChI=1S/C11H8Br2FNO2S2/c1-6-4-8(14)7(12)5-9(6)15-19(16,17)11-3-2-10(13)18-11/h2-5,15H,1H3. The first-order chi connectivity index (χ1) is 8.79. The van der Waals surface area contributed by atoms with Gasteiger partial charge in [-0.2, -0.15) is 0 Å². The lowest BCUT2D eigenvalue weighted by molar-refractivity contribution is 0.602.